The highest BCUT2D eigenvalue weighted by atomic mass is 127. The van der Waals surface area contributed by atoms with Gasteiger partial charge in [-0.1, -0.05) is 0 Å². The molecule has 5 nitrogen and oxygen atoms in total. The Balaban J connectivity index is 2.93. The number of aromatic hydroxyl groups is 1. The molecule has 0 aliphatic rings. The van der Waals surface area contributed by atoms with Crippen molar-refractivity contribution in [3.05, 3.63) is 21.5 Å². The summed E-state index contributed by atoms with van der Waals surface area (Å²) in [5.41, 5.74) is 5.78. The minimum atomic E-state index is -1.02. The molecule has 4 N–H and O–H groups in total. The van der Waals surface area contributed by atoms with Crippen LogP contribution < -0.4 is 5.73 Å². The van der Waals surface area contributed by atoms with E-state index in [-0.39, 0.29) is 17.9 Å². The van der Waals surface area contributed by atoms with E-state index in [1.165, 1.54) is 6.07 Å². The summed E-state index contributed by atoms with van der Waals surface area (Å²) in [5, 5.41) is 17.9. The van der Waals surface area contributed by atoms with E-state index in [0.717, 1.165) is 0 Å². The number of carboxylic acids is 1. The van der Waals surface area contributed by atoms with Gasteiger partial charge in [0.25, 0.3) is 0 Å². The first kappa shape index (κ1) is 11.2. The SMILES string of the molecule is NC(CC(=O)O)c1nc(I)ccc1O. The quantitative estimate of drug-likeness (QED) is 0.568. The van der Waals surface area contributed by atoms with Crippen LogP contribution in [0.2, 0.25) is 0 Å². The van der Waals surface area contributed by atoms with Gasteiger partial charge in [0.05, 0.1) is 12.5 Å². The second kappa shape index (κ2) is 4.56. The van der Waals surface area contributed by atoms with E-state index in [0.29, 0.717) is 3.70 Å². The third-order valence-electron chi connectivity index (χ3n) is 1.61. The van der Waals surface area contributed by atoms with Crippen molar-refractivity contribution in [1.29, 1.82) is 0 Å². The minimum absolute atomic E-state index is 0.0702. The van der Waals surface area contributed by atoms with Crippen molar-refractivity contribution in [2.75, 3.05) is 0 Å². The van der Waals surface area contributed by atoms with Crippen molar-refractivity contribution in [1.82, 2.24) is 4.98 Å². The fourth-order valence-electron chi connectivity index (χ4n) is 1.00. The number of aromatic nitrogens is 1. The van der Waals surface area contributed by atoms with Crippen molar-refractivity contribution in [2.45, 2.75) is 12.5 Å². The fourth-order valence-corrected chi connectivity index (χ4v) is 1.44. The van der Waals surface area contributed by atoms with E-state index < -0.39 is 12.0 Å². The molecule has 0 radical (unpaired) electrons. The molecule has 14 heavy (non-hydrogen) atoms. The topological polar surface area (TPSA) is 96.4 Å². The zero-order valence-electron chi connectivity index (χ0n) is 7.14. The Hall–Kier alpha value is -0.890. The summed E-state index contributed by atoms with van der Waals surface area (Å²) in [6, 6.07) is 2.29. The molecule has 1 aromatic rings. The molecule has 0 bridgehead atoms. The van der Waals surface area contributed by atoms with Crippen molar-refractivity contribution < 1.29 is 15.0 Å². The van der Waals surface area contributed by atoms with E-state index in [4.69, 9.17) is 10.8 Å². The molecule has 0 aliphatic carbocycles. The highest BCUT2D eigenvalue weighted by molar-refractivity contribution is 14.1. The summed E-state index contributed by atoms with van der Waals surface area (Å²) in [6.45, 7) is 0. The average molecular weight is 308 g/mol. The van der Waals surface area contributed by atoms with Crippen LogP contribution in [0.5, 0.6) is 5.75 Å². The Morgan fingerprint density at radius 2 is 2.29 bits per heavy atom. The van der Waals surface area contributed by atoms with Crippen molar-refractivity contribution in [2.24, 2.45) is 5.73 Å². The summed E-state index contributed by atoms with van der Waals surface area (Å²) < 4.78 is 0.663. The first-order valence-electron chi connectivity index (χ1n) is 3.83. The molecule has 1 heterocycles. The number of pyridine rings is 1. The summed E-state index contributed by atoms with van der Waals surface area (Å²) in [6.07, 6.45) is -0.249. The van der Waals surface area contributed by atoms with Gasteiger partial charge in [0.1, 0.15) is 15.1 Å². The number of carboxylic acid groups (broad SMARTS) is 1. The van der Waals surface area contributed by atoms with Gasteiger partial charge in [-0.05, 0) is 34.7 Å². The van der Waals surface area contributed by atoms with Gasteiger partial charge in [0.15, 0.2) is 0 Å². The third-order valence-corrected chi connectivity index (χ3v) is 2.21. The average Bonchev–Trinajstić information content (AvgIpc) is 2.08. The van der Waals surface area contributed by atoms with Gasteiger partial charge in [-0.15, -0.1) is 0 Å². The molecule has 0 amide bonds. The summed E-state index contributed by atoms with van der Waals surface area (Å²) in [4.78, 5) is 14.4. The van der Waals surface area contributed by atoms with Gasteiger partial charge in [-0.3, -0.25) is 4.79 Å². The molecule has 1 unspecified atom stereocenters. The van der Waals surface area contributed by atoms with Gasteiger partial charge >= 0.3 is 5.97 Å². The van der Waals surface area contributed by atoms with Crippen molar-refractivity contribution >= 4 is 28.6 Å². The molecule has 1 aromatic heterocycles. The molecule has 0 aliphatic heterocycles. The molecule has 0 saturated carbocycles. The maximum Gasteiger partial charge on any atom is 0.305 e. The summed E-state index contributed by atoms with van der Waals surface area (Å²) in [7, 11) is 0. The maximum absolute atomic E-state index is 10.4. The number of carbonyl (C=O) groups is 1. The van der Waals surface area contributed by atoms with Crippen LogP contribution in [-0.4, -0.2) is 21.2 Å². The van der Waals surface area contributed by atoms with Crippen LogP contribution in [0.25, 0.3) is 0 Å². The number of nitrogens with two attached hydrogens (primary N) is 1. The number of hydrogen-bond acceptors (Lipinski definition) is 4. The molecular weight excluding hydrogens is 299 g/mol. The standard InChI is InChI=1S/C8H9IN2O3/c9-6-2-1-5(12)8(11-6)4(10)3-7(13)14/h1-2,4,12H,3,10H2,(H,13,14). The van der Waals surface area contributed by atoms with E-state index >= 15 is 0 Å². The summed E-state index contributed by atoms with van der Waals surface area (Å²) in [5.74, 6) is -1.09. The Kier molecular flexibility index (Phi) is 3.64. The van der Waals surface area contributed by atoms with E-state index in [1.807, 2.05) is 22.6 Å². The molecule has 6 heteroatoms. The Morgan fingerprint density at radius 3 is 2.86 bits per heavy atom. The monoisotopic (exact) mass is 308 g/mol. The second-order valence-corrected chi connectivity index (χ2v) is 3.85. The fraction of sp³-hybridized carbons (Fsp3) is 0.250. The Morgan fingerprint density at radius 1 is 1.64 bits per heavy atom. The van der Waals surface area contributed by atoms with Crippen LogP contribution in [-0.2, 0) is 4.79 Å². The molecule has 1 atom stereocenters. The number of halogens is 1. The van der Waals surface area contributed by atoms with Crippen LogP contribution in [0.4, 0.5) is 0 Å². The predicted molar refractivity (Wildman–Crippen MR) is 57.8 cm³/mol. The van der Waals surface area contributed by atoms with Crippen LogP contribution in [0.1, 0.15) is 18.2 Å². The number of rotatable bonds is 3. The summed E-state index contributed by atoms with van der Waals surface area (Å²) >= 11 is 1.96. The van der Waals surface area contributed by atoms with Crippen LogP contribution in [0, 0.1) is 3.70 Å². The highest BCUT2D eigenvalue weighted by Crippen LogP contribution is 2.23. The van der Waals surface area contributed by atoms with Gasteiger partial charge in [-0.25, -0.2) is 4.98 Å². The highest BCUT2D eigenvalue weighted by Gasteiger charge is 2.16. The molecular formula is C8H9IN2O3. The number of aliphatic carboxylic acids is 1. The lowest BCUT2D eigenvalue weighted by Crippen LogP contribution is -2.16. The Bertz CT molecular complexity index is 356. The third kappa shape index (κ3) is 2.81. The normalized spacial score (nSPS) is 12.4. The zero-order chi connectivity index (χ0) is 10.7. The number of nitrogens with zero attached hydrogens (tertiary/aromatic N) is 1. The Labute approximate surface area is 94.1 Å². The van der Waals surface area contributed by atoms with Gasteiger partial charge in [0, 0.05) is 0 Å². The van der Waals surface area contributed by atoms with Crippen LogP contribution >= 0.6 is 22.6 Å². The van der Waals surface area contributed by atoms with Crippen molar-refractivity contribution in [3.63, 3.8) is 0 Å². The zero-order valence-corrected chi connectivity index (χ0v) is 9.30. The lowest BCUT2D eigenvalue weighted by molar-refractivity contribution is -0.137. The van der Waals surface area contributed by atoms with E-state index in [9.17, 15) is 9.90 Å². The van der Waals surface area contributed by atoms with Crippen LogP contribution in [0.3, 0.4) is 0 Å². The second-order valence-electron chi connectivity index (χ2n) is 2.74. The lowest BCUT2D eigenvalue weighted by atomic mass is 10.1. The van der Waals surface area contributed by atoms with Gasteiger partial charge in [0.2, 0.25) is 0 Å². The first-order chi connectivity index (χ1) is 6.50. The van der Waals surface area contributed by atoms with E-state index in [2.05, 4.69) is 4.98 Å². The minimum Gasteiger partial charge on any atom is -0.506 e. The largest absolute Gasteiger partial charge is 0.506 e. The van der Waals surface area contributed by atoms with Gasteiger partial charge in [-0.2, -0.15) is 0 Å². The van der Waals surface area contributed by atoms with Crippen LogP contribution in [0.15, 0.2) is 12.1 Å². The molecule has 0 aromatic carbocycles. The first-order valence-corrected chi connectivity index (χ1v) is 4.91. The molecule has 0 saturated heterocycles. The smallest absolute Gasteiger partial charge is 0.305 e. The molecule has 76 valence electrons. The van der Waals surface area contributed by atoms with E-state index in [1.54, 1.807) is 6.07 Å². The molecule has 1 rings (SSSR count). The predicted octanol–water partition coefficient (Wildman–Crippen LogP) is 0.866. The lowest BCUT2D eigenvalue weighted by Gasteiger charge is -2.10. The van der Waals surface area contributed by atoms with Crippen molar-refractivity contribution in [3.8, 4) is 5.75 Å². The molecule has 0 fully saturated rings. The molecule has 0 spiro atoms. The number of hydrogen-bond donors (Lipinski definition) is 3. The van der Waals surface area contributed by atoms with Gasteiger partial charge < -0.3 is 15.9 Å². The maximum atomic E-state index is 10.4.